The molecule has 0 aliphatic heterocycles. The van der Waals surface area contributed by atoms with Gasteiger partial charge in [-0.1, -0.05) is 48.0 Å². The maximum Gasteiger partial charge on any atom is 0.0551 e. The van der Waals surface area contributed by atoms with Gasteiger partial charge < -0.3 is 5.32 Å². The van der Waals surface area contributed by atoms with Crippen LogP contribution in [0.1, 0.15) is 23.5 Å². The highest BCUT2D eigenvalue weighted by atomic mass is 79.9. The van der Waals surface area contributed by atoms with E-state index in [9.17, 15) is 0 Å². The van der Waals surface area contributed by atoms with Gasteiger partial charge in [-0.05, 0) is 45.6 Å². The zero-order chi connectivity index (χ0) is 13.2. The lowest BCUT2D eigenvalue weighted by Gasteiger charge is -2.06. The lowest BCUT2D eigenvalue weighted by atomic mass is 10.1. The molecule has 2 aromatic carbocycles. The summed E-state index contributed by atoms with van der Waals surface area (Å²) in [6.45, 7) is 0.876. The molecule has 0 spiro atoms. The van der Waals surface area contributed by atoms with Crippen LogP contribution in [0.15, 0.2) is 53.0 Å². The summed E-state index contributed by atoms with van der Waals surface area (Å²) in [4.78, 5) is 0. The number of rotatable bonds is 4. The Labute approximate surface area is 127 Å². The Balaban J connectivity index is 1.56. The van der Waals surface area contributed by atoms with Gasteiger partial charge in [-0.3, -0.25) is 0 Å². The van der Waals surface area contributed by atoms with Crippen molar-refractivity contribution in [3.05, 3.63) is 69.2 Å². The number of benzene rings is 2. The first kappa shape index (κ1) is 13.2. The molecule has 19 heavy (non-hydrogen) atoms. The van der Waals surface area contributed by atoms with Gasteiger partial charge in [0.1, 0.15) is 0 Å². The molecule has 1 aliphatic rings. The SMILES string of the molecule is Clc1cc(CNC2CC2c2ccccc2)ccc1Br. The van der Waals surface area contributed by atoms with Crippen LogP contribution in [0.4, 0.5) is 0 Å². The average molecular weight is 337 g/mol. The third-order valence-corrected chi connectivity index (χ3v) is 4.80. The highest BCUT2D eigenvalue weighted by Crippen LogP contribution is 2.40. The van der Waals surface area contributed by atoms with E-state index >= 15 is 0 Å². The standard InChI is InChI=1S/C16H15BrClN/c17-14-7-6-11(8-15(14)18)10-19-16-9-13(16)12-4-2-1-3-5-12/h1-8,13,16,19H,9-10H2. The summed E-state index contributed by atoms with van der Waals surface area (Å²) in [5.41, 5.74) is 2.67. The van der Waals surface area contributed by atoms with Crippen LogP contribution >= 0.6 is 27.5 Å². The molecule has 3 rings (SSSR count). The fourth-order valence-corrected chi connectivity index (χ4v) is 2.84. The van der Waals surface area contributed by atoms with Crippen LogP contribution in [0, 0.1) is 0 Å². The molecule has 1 fully saturated rings. The molecule has 0 bridgehead atoms. The molecule has 1 N–H and O–H groups in total. The van der Waals surface area contributed by atoms with E-state index in [2.05, 4.69) is 57.6 Å². The summed E-state index contributed by atoms with van der Waals surface area (Å²) in [5.74, 6) is 0.673. The maximum atomic E-state index is 6.09. The van der Waals surface area contributed by atoms with E-state index in [1.165, 1.54) is 17.5 Å². The molecule has 3 heteroatoms. The zero-order valence-electron chi connectivity index (χ0n) is 10.4. The van der Waals surface area contributed by atoms with Gasteiger partial charge in [0.05, 0.1) is 5.02 Å². The molecular weight excluding hydrogens is 322 g/mol. The smallest absolute Gasteiger partial charge is 0.0551 e. The first-order chi connectivity index (χ1) is 9.24. The number of halogens is 2. The van der Waals surface area contributed by atoms with E-state index in [1.54, 1.807) is 0 Å². The lowest BCUT2D eigenvalue weighted by Crippen LogP contribution is -2.17. The summed E-state index contributed by atoms with van der Waals surface area (Å²) in [6, 6.07) is 17.4. The number of nitrogens with one attached hydrogen (secondary N) is 1. The number of hydrogen-bond acceptors (Lipinski definition) is 1. The van der Waals surface area contributed by atoms with Gasteiger partial charge in [-0.2, -0.15) is 0 Å². The highest BCUT2D eigenvalue weighted by Gasteiger charge is 2.37. The third-order valence-electron chi connectivity index (χ3n) is 3.57. The van der Waals surface area contributed by atoms with Crippen LogP contribution in [0.25, 0.3) is 0 Å². The van der Waals surface area contributed by atoms with E-state index in [0.717, 1.165) is 16.0 Å². The summed E-state index contributed by atoms with van der Waals surface area (Å²) in [7, 11) is 0. The van der Waals surface area contributed by atoms with Crippen LogP contribution in [0.3, 0.4) is 0 Å². The summed E-state index contributed by atoms with van der Waals surface area (Å²) < 4.78 is 0.950. The monoisotopic (exact) mass is 335 g/mol. The predicted octanol–water partition coefficient (Wildman–Crippen LogP) is 4.75. The van der Waals surface area contributed by atoms with Crippen molar-refractivity contribution in [2.75, 3.05) is 0 Å². The van der Waals surface area contributed by atoms with E-state index in [4.69, 9.17) is 11.6 Å². The average Bonchev–Trinajstić information content (AvgIpc) is 3.21. The van der Waals surface area contributed by atoms with Gasteiger partial charge in [-0.15, -0.1) is 0 Å². The summed E-state index contributed by atoms with van der Waals surface area (Å²) in [6.07, 6.45) is 1.23. The van der Waals surface area contributed by atoms with Crippen molar-refractivity contribution >= 4 is 27.5 Å². The van der Waals surface area contributed by atoms with Gasteiger partial charge in [0.2, 0.25) is 0 Å². The van der Waals surface area contributed by atoms with Crippen molar-refractivity contribution in [3.63, 3.8) is 0 Å². The molecule has 1 aliphatic carbocycles. The molecule has 2 aromatic rings. The van der Waals surface area contributed by atoms with Crippen LogP contribution in [0.2, 0.25) is 5.02 Å². The Hall–Kier alpha value is -0.830. The maximum absolute atomic E-state index is 6.09. The highest BCUT2D eigenvalue weighted by molar-refractivity contribution is 9.10. The first-order valence-electron chi connectivity index (χ1n) is 6.46. The normalized spacial score (nSPS) is 21.4. The van der Waals surface area contributed by atoms with Crippen molar-refractivity contribution < 1.29 is 0 Å². The number of hydrogen-bond donors (Lipinski definition) is 1. The van der Waals surface area contributed by atoms with E-state index in [-0.39, 0.29) is 0 Å². The van der Waals surface area contributed by atoms with E-state index in [1.807, 2.05) is 12.1 Å². The quantitative estimate of drug-likeness (QED) is 0.849. The second kappa shape index (κ2) is 5.66. The van der Waals surface area contributed by atoms with Crippen molar-refractivity contribution in [2.24, 2.45) is 0 Å². The molecule has 2 atom stereocenters. The molecule has 0 heterocycles. The lowest BCUT2D eigenvalue weighted by molar-refractivity contribution is 0.672. The fourth-order valence-electron chi connectivity index (χ4n) is 2.39. The van der Waals surface area contributed by atoms with E-state index < -0.39 is 0 Å². The minimum Gasteiger partial charge on any atom is -0.309 e. The zero-order valence-corrected chi connectivity index (χ0v) is 12.8. The van der Waals surface area contributed by atoms with Crippen LogP contribution in [-0.4, -0.2) is 6.04 Å². The van der Waals surface area contributed by atoms with Crippen LogP contribution < -0.4 is 5.32 Å². The molecule has 2 unspecified atom stereocenters. The van der Waals surface area contributed by atoms with Gasteiger partial charge in [0, 0.05) is 23.0 Å². The van der Waals surface area contributed by atoms with Crippen LogP contribution in [-0.2, 0) is 6.54 Å². The Bertz CT molecular complexity index is 570. The molecule has 0 amide bonds. The van der Waals surface area contributed by atoms with Crippen molar-refractivity contribution in [2.45, 2.75) is 24.9 Å². The summed E-state index contributed by atoms with van der Waals surface area (Å²) >= 11 is 9.50. The molecule has 0 radical (unpaired) electrons. The molecule has 1 nitrogen and oxygen atoms in total. The minimum absolute atomic E-state index is 0.602. The van der Waals surface area contributed by atoms with Gasteiger partial charge in [0.15, 0.2) is 0 Å². The van der Waals surface area contributed by atoms with Gasteiger partial charge >= 0.3 is 0 Å². The Morgan fingerprint density at radius 3 is 2.68 bits per heavy atom. The van der Waals surface area contributed by atoms with Crippen molar-refractivity contribution in [1.29, 1.82) is 0 Å². The minimum atomic E-state index is 0.602. The molecule has 0 saturated heterocycles. The topological polar surface area (TPSA) is 12.0 Å². The molecule has 98 valence electrons. The predicted molar refractivity (Wildman–Crippen MR) is 83.6 cm³/mol. The Morgan fingerprint density at radius 2 is 1.95 bits per heavy atom. The van der Waals surface area contributed by atoms with E-state index in [0.29, 0.717) is 12.0 Å². The first-order valence-corrected chi connectivity index (χ1v) is 7.63. The molecule has 0 aromatic heterocycles. The third kappa shape index (κ3) is 3.19. The second-order valence-electron chi connectivity index (χ2n) is 4.99. The van der Waals surface area contributed by atoms with Crippen molar-refractivity contribution in [1.82, 2.24) is 5.32 Å². The Morgan fingerprint density at radius 1 is 1.16 bits per heavy atom. The largest absolute Gasteiger partial charge is 0.309 e. The second-order valence-corrected chi connectivity index (χ2v) is 6.25. The Kier molecular flexibility index (Phi) is 3.92. The fraction of sp³-hybridized carbons (Fsp3) is 0.250. The summed E-state index contributed by atoms with van der Waals surface area (Å²) in [5, 5.41) is 4.37. The van der Waals surface area contributed by atoms with Gasteiger partial charge in [0.25, 0.3) is 0 Å². The van der Waals surface area contributed by atoms with Gasteiger partial charge in [-0.25, -0.2) is 0 Å². The molecule has 1 saturated carbocycles. The van der Waals surface area contributed by atoms with Crippen molar-refractivity contribution in [3.8, 4) is 0 Å². The molecular formula is C16H15BrClN. The van der Waals surface area contributed by atoms with Crippen LogP contribution in [0.5, 0.6) is 0 Å².